The lowest BCUT2D eigenvalue weighted by Gasteiger charge is -2.39. The zero-order valence-corrected chi connectivity index (χ0v) is 19.9. The Morgan fingerprint density at radius 1 is 1.06 bits per heavy atom. The molecule has 1 aliphatic heterocycles. The van der Waals surface area contributed by atoms with Crippen molar-refractivity contribution in [3.63, 3.8) is 0 Å². The molecule has 6 nitrogen and oxygen atoms in total. The fourth-order valence-electron chi connectivity index (χ4n) is 5.81. The highest BCUT2D eigenvalue weighted by atomic mass is 16.6. The first-order valence-electron chi connectivity index (χ1n) is 12.6. The second kappa shape index (κ2) is 10.7. The van der Waals surface area contributed by atoms with E-state index in [0.717, 1.165) is 74.8 Å². The zero-order chi connectivity index (χ0) is 23.2. The molecule has 1 aromatic carbocycles. The van der Waals surface area contributed by atoms with Gasteiger partial charge in [0.05, 0.1) is 20.1 Å². The monoisotopic (exact) mass is 452 g/mol. The van der Waals surface area contributed by atoms with Gasteiger partial charge in [0, 0.05) is 44.0 Å². The third-order valence-electron chi connectivity index (χ3n) is 7.90. The van der Waals surface area contributed by atoms with E-state index in [9.17, 15) is 9.90 Å². The van der Waals surface area contributed by atoms with Crippen LogP contribution in [-0.4, -0.2) is 58.3 Å². The van der Waals surface area contributed by atoms with Crippen molar-refractivity contribution in [2.45, 2.75) is 69.4 Å². The number of hydrogen-bond donors (Lipinski definition) is 1. The van der Waals surface area contributed by atoms with Crippen LogP contribution in [0.1, 0.15) is 62.8 Å². The Kier molecular flexibility index (Phi) is 7.76. The van der Waals surface area contributed by atoms with Gasteiger partial charge in [-0.15, -0.1) is 0 Å². The first-order chi connectivity index (χ1) is 16.0. The second-order valence-corrected chi connectivity index (χ2v) is 10.1. The average molecular weight is 453 g/mol. The number of aliphatic hydroxyl groups is 1. The lowest BCUT2D eigenvalue weighted by atomic mass is 9.73. The summed E-state index contributed by atoms with van der Waals surface area (Å²) in [6.45, 7) is 2.45. The van der Waals surface area contributed by atoms with E-state index >= 15 is 0 Å². The van der Waals surface area contributed by atoms with Gasteiger partial charge in [-0.1, -0.05) is 49.6 Å². The number of rotatable bonds is 9. The maximum absolute atomic E-state index is 13.4. The maximum atomic E-state index is 13.4. The molecule has 2 aliphatic rings. The normalized spacial score (nSPS) is 25.5. The largest absolute Gasteiger partial charge is 0.457 e. The second-order valence-electron chi connectivity index (χ2n) is 10.1. The van der Waals surface area contributed by atoms with E-state index in [4.69, 9.17) is 4.74 Å². The summed E-state index contributed by atoms with van der Waals surface area (Å²) < 4.78 is 6.83. The summed E-state index contributed by atoms with van der Waals surface area (Å²) in [4.78, 5) is 22.1. The molecule has 2 unspecified atom stereocenters. The van der Waals surface area contributed by atoms with E-state index in [1.807, 2.05) is 36.4 Å². The molecule has 2 aromatic rings. The molecule has 33 heavy (non-hydrogen) atoms. The number of quaternary nitrogens is 1. The highest BCUT2D eigenvalue weighted by molar-refractivity contribution is 5.81. The Labute approximate surface area is 197 Å². The first kappa shape index (κ1) is 23.8. The molecule has 3 atom stereocenters. The van der Waals surface area contributed by atoms with Gasteiger partial charge >= 0.3 is 5.97 Å². The van der Waals surface area contributed by atoms with E-state index in [0.29, 0.717) is 12.2 Å². The minimum atomic E-state index is -1.56. The molecular formula is C27H38N3O3+. The topological polar surface area (TPSA) is 72.3 Å². The molecule has 2 fully saturated rings. The number of aryl methyl sites for hydroxylation is 1. The van der Waals surface area contributed by atoms with Gasteiger partial charge in [-0.05, 0) is 24.5 Å². The Morgan fingerprint density at radius 2 is 1.79 bits per heavy atom. The number of hydrogen-bond acceptors (Lipinski definition) is 5. The molecule has 178 valence electrons. The van der Waals surface area contributed by atoms with Gasteiger partial charge in [0.2, 0.25) is 0 Å². The van der Waals surface area contributed by atoms with Gasteiger partial charge < -0.3 is 14.3 Å². The van der Waals surface area contributed by atoms with Gasteiger partial charge in [-0.3, -0.25) is 0 Å². The summed E-state index contributed by atoms with van der Waals surface area (Å²) in [5.74, 6) is 0.319. The van der Waals surface area contributed by atoms with Crippen LogP contribution in [0.2, 0.25) is 0 Å². The highest BCUT2D eigenvalue weighted by Crippen LogP contribution is 2.40. The Bertz CT molecular complexity index is 888. The van der Waals surface area contributed by atoms with Crippen LogP contribution in [0.3, 0.4) is 0 Å². The van der Waals surface area contributed by atoms with Crippen LogP contribution in [0, 0.1) is 5.92 Å². The van der Waals surface area contributed by atoms with Crippen molar-refractivity contribution in [3.8, 4) is 0 Å². The standard InChI is InChI=1S/C27H38N3O3/c1-30(20-9-16-25-28-17-10-18-29-25)19-8-15-24(30)21-33-26(31)27(32,22-11-4-2-5-12-22)23-13-6-3-7-14-23/h2,4-5,10-12,17-18,23-24,32H,3,6-9,13-16,19-21H2,1H3/q+1/t24-,27?,30?/m1/s1. The number of esters is 1. The van der Waals surface area contributed by atoms with E-state index in [2.05, 4.69) is 17.0 Å². The lowest BCUT2D eigenvalue weighted by molar-refractivity contribution is -0.921. The third kappa shape index (κ3) is 5.44. The Morgan fingerprint density at radius 3 is 2.52 bits per heavy atom. The summed E-state index contributed by atoms with van der Waals surface area (Å²) in [5, 5.41) is 11.8. The number of benzene rings is 1. The van der Waals surface area contributed by atoms with Gasteiger partial charge in [0.25, 0.3) is 0 Å². The molecule has 4 rings (SSSR count). The fourth-order valence-corrected chi connectivity index (χ4v) is 5.81. The number of likely N-dealkylation sites (N-methyl/N-ethyl adjacent to an activating group) is 1. The molecule has 0 radical (unpaired) electrons. The first-order valence-corrected chi connectivity index (χ1v) is 12.6. The van der Waals surface area contributed by atoms with Crippen molar-refractivity contribution in [1.29, 1.82) is 0 Å². The van der Waals surface area contributed by atoms with Crippen LogP contribution >= 0.6 is 0 Å². The average Bonchev–Trinajstić information content (AvgIpc) is 3.23. The molecule has 0 bridgehead atoms. The molecule has 1 N–H and O–H groups in total. The predicted molar refractivity (Wildman–Crippen MR) is 127 cm³/mol. The summed E-state index contributed by atoms with van der Waals surface area (Å²) in [7, 11) is 2.27. The van der Waals surface area contributed by atoms with Crippen LogP contribution in [-0.2, 0) is 21.6 Å². The van der Waals surface area contributed by atoms with Crippen molar-refractivity contribution in [2.24, 2.45) is 5.92 Å². The highest BCUT2D eigenvalue weighted by Gasteiger charge is 2.48. The smallest absolute Gasteiger partial charge is 0.343 e. The van der Waals surface area contributed by atoms with E-state index < -0.39 is 11.6 Å². The number of aromatic nitrogens is 2. The molecular weight excluding hydrogens is 414 g/mol. The van der Waals surface area contributed by atoms with Crippen molar-refractivity contribution >= 4 is 5.97 Å². The van der Waals surface area contributed by atoms with Crippen LogP contribution in [0.15, 0.2) is 48.8 Å². The molecule has 2 heterocycles. The molecule has 6 heteroatoms. The van der Waals surface area contributed by atoms with Gasteiger partial charge in [0.1, 0.15) is 18.5 Å². The van der Waals surface area contributed by atoms with Crippen LogP contribution in [0.4, 0.5) is 0 Å². The SMILES string of the molecule is C[N+]1(CCCc2ncccn2)CCC[C@@H]1COC(=O)C(O)(c1ccccc1)C1CCCCC1. The number of likely N-dealkylation sites (tertiary alicyclic amines) is 1. The van der Waals surface area contributed by atoms with Crippen LogP contribution < -0.4 is 0 Å². The van der Waals surface area contributed by atoms with Gasteiger partial charge in [-0.2, -0.15) is 0 Å². The van der Waals surface area contributed by atoms with Crippen molar-refractivity contribution < 1.29 is 19.1 Å². The van der Waals surface area contributed by atoms with Gasteiger partial charge in [-0.25, -0.2) is 14.8 Å². The number of nitrogens with zero attached hydrogens (tertiary/aromatic N) is 3. The summed E-state index contributed by atoms with van der Waals surface area (Å²) >= 11 is 0. The lowest BCUT2D eigenvalue weighted by Crippen LogP contribution is -2.52. The van der Waals surface area contributed by atoms with Crippen LogP contribution in [0.5, 0.6) is 0 Å². The predicted octanol–water partition coefficient (Wildman–Crippen LogP) is 4.03. The number of carbonyl (C=O) groups excluding carboxylic acids is 1. The number of carbonyl (C=O) groups is 1. The Balaban J connectivity index is 1.39. The third-order valence-corrected chi connectivity index (χ3v) is 7.90. The summed E-state index contributed by atoms with van der Waals surface area (Å²) in [6, 6.07) is 11.5. The zero-order valence-electron chi connectivity index (χ0n) is 19.9. The van der Waals surface area contributed by atoms with Gasteiger partial charge in [0.15, 0.2) is 5.60 Å². The molecule has 1 aliphatic carbocycles. The van der Waals surface area contributed by atoms with E-state index in [-0.39, 0.29) is 12.0 Å². The van der Waals surface area contributed by atoms with Crippen LogP contribution in [0.25, 0.3) is 0 Å². The number of ether oxygens (including phenoxy) is 1. The van der Waals surface area contributed by atoms with Crippen molar-refractivity contribution in [1.82, 2.24) is 9.97 Å². The fraction of sp³-hybridized carbons (Fsp3) is 0.593. The van der Waals surface area contributed by atoms with E-state index in [1.54, 1.807) is 12.4 Å². The summed E-state index contributed by atoms with van der Waals surface area (Å²) in [6.07, 6.45) is 12.6. The Hall–Kier alpha value is -2.31. The van der Waals surface area contributed by atoms with Crippen molar-refractivity contribution in [2.75, 3.05) is 26.7 Å². The van der Waals surface area contributed by atoms with E-state index in [1.165, 1.54) is 6.42 Å². The molecule has 1 saturated heterocycles. The maximum Gasteiger partial charge on any atom is 0.343 e. The minimum absolute atomic E-state index is 0.0866. The minimum Gasteiger partial charge on any atom is -0.457 e. The van der Waals surface area contributed by atoms with Crippen molar-refractivity contribution in [3.05, 3.63) is 60.2 Å². The molecule has 0 amide bonds. The summed E-state index contributed by atoms with van der Waals surface area (Å²) in [5.41, 5.74) is -0.901. The quantitative estimate of drug-likeness (QED) is 0.459. The molecule has 0 spiro atoms. The molecule has 1 aromatic heterocycles. The molecule has 1 saturated carbocycles.